The van der Waals surface area contributed by atoms with Crippen molar-refractivity contribution in [2.24, 2.45) is 0 Å². The molecule has 1 atom stereocenters. The predicted molar refractivity (Wildman–Crippen MR) is 90.3 cm³/mol. The second-order valence-corrected chi connectivity index (χ2v) is 5.91. The Morgan fingerprint density at radius 2 is 2.00 bits per heavy atom. The standard InChI is InChI=1S/C18H26N2O4/c1-2-23-17(21)11-19-16-9-6-10-20(12-16)13-18(22)24-14-15-7-4-3-5-8-15/h3-5,7-8,16,19H,2,6,9-14H2,1H3/t16-/m0/s1. The largest absolute Gasteiger partial charge is 0.465 e. The van der Waals surface area contributed by atoms with Crippen molar-refractivity contribution >= 4 is 11.9 Å². The zero-order valence-corrected chi connectivity index (χ0v) is 14.2. The summed E-state index contributed by atoms with van der Waals surface area (Å²) in [6.07, 6.45) is 1.99. The van der Waals surface area contributed by atoms with Crippen LogP contribution >= 0.6 is 0 Å². The summed E-state index contributed by atoms with van der Waals surface area (Å²) in [6, 6.07) is 9.85. The van der Waals surface area contributed by atoms with Crippen molar-refractivity contribution in [1.29, 1.82) is 0 Å². The summed E-state index contributed by atoms with van der Waals surface area (Å²) >= 11 is 0. The molecule has 1 aromatic rings. The number of nitrogens with one attached hydrogen (secondary N) is 1. The van der Waals surface area contributed by atoms with E-state index in [9.17, 15) is 9.59 Å². The molecular formula is C18H26N2O4. The number of carbonyl (C=O) groups is 2. The smallest absolute Gasteiger partial charge is 0.320 e. The van der Waals surface area contributed by atoms with Crippen LogP contribution in [-0.2, 0) is 25.7 Å². The summed E-state index contributed by atoms with van der Waals surface area (Å²) in [5, 5.41) is 3.20. The van der Waals surface area contributed by atoms with Gasteiger partial charge in [0.15, 0.2) is 0 Å². The Labute approximate surface area is 143 Å². The van der Waals surface area contributed by atoms with Crippen LogP contribution in [0.25, 0.3) is 0 Å². The highest BCUT2D eigenvalue weighted by atomic mass is 16.5. The molecule has 1 aromatic carbocycles. The minimum absolute atomic E-state index is 0.199. The maximum absolute atomic E-state index is 12.0. The maximum atomic E-state index is 12.0. The van der Waals surface area contributed by atoms with Gasteiger partial charge in [-0.1, -0.05) is 30.3 Å². The van der Waals surface area contributed by atoms with Crippen LogP contribution in [0.15, 0.2) is 30.3 Å². The van der Waals surface area contributed by atoms with Crippen molar-refractivity contribution in [3.63, 3.8) is 0 Å². The monoisotopic (exact) mass is 334 g/mol. The van der Waals surface area contributed by atoms with Crippen LogP contribution in [0.2, 0.25) is 0 Å². The van der Waals surface area contributed by atoms with Crippen molar-refractivity contribution < 1.29 is 19.1 Å². The van der Waals surface area contributed by atoms with Crippen molar-refractivity contribution in [1.82, 2.24) is 10.2 Å². The minimum atomic E-state index is -0.239. The lowest BCUT2D eigenvalue weighted by atomic mass is 10.1. The van der Waals surface area contributed by atoms with Crippen LogP contribution in [0.4, 0.5) is 0 Å². The molecule has 132 valence electrons. The molecule has 1 saturated heterocycles. The van der Waals surface area contributed by atoms with E-state index in [1.54, 1.807) is 6.92 Å². The Bertz CT molecular complexity index is 521. The molecule has 0 aromatic heterocycles. The van der Waals surface area contributed by atoms with Crippen LogP contribution in [0.5, 0.6) is 0 Å². The minimum Gasteiger partial charge on any atom is -0.465 e. The van der Waals surface area contributed by atoms with Crippen molar-refractivity contribution in [2.45, 2.75) is 32.4 Å². The molecule has 1 aliphatic rings. The van der Waals surface area contributed by atoms with Gasteiger partial charge in [-0.3, -0.25) is 14.5 Å². The average Bonchev–Trinajstić information content (AvgIpc) is 2.60. The Balaban J connectivity index is 1.68. The molecule has 1 fully saturated rings. The molecule has 1 heterocycles. The van der Waals surface area contributed by atoms with E-state index in [1.807, 2.05) is 30.3 Å². The van der Waals surface area contributed by atoms with Crippen LogP contribution in [-0.4, -0.2) is 55.7 Å². The first-order valence-electron chi connectivity index (χ1n) is 8.48. The lowest BCUT2D eigenvalue weighted by Crippen LogP contribution is -2.48. The fourth-order valence-electron chi connectivity index (χ4n) is 2.77. The van der Waals surface area contributed by atoms with Gasteiger partial charge in [0.2, 0.25) is 0 Å². The molecule has 2 rings (SSSR count). The van der Waals surface area contributed by atoms with Gasteiger partial charge in [-0.15, -0.1) is 0 Å². The highest BCUT2D eigenvalue weighted by Crippen LogP contribution is 2.10. The zero-order chi connectivity index (χ0) is 17.2. The summed E-state index contributed by atoms with van der Waals surface area (Å²) in [7, 11) is 0. The maximum Gasteiger partial charge on any atom is 0.320 e. The number of esters is 2. The zero-order valence-electron chi connectivity index (χ0n) is 14.2. The highest BCUT2D eigenvalue weighted by Gasteiger charge is 2.22. The molecule has 0 aliphatic carbocycles. The average molecular weight is 334 g/mol. The number of rotatable bonds is 8. The van der Waals surface area contributed by atoms with E-state index in [-0.39, 0.29) is 31.1 Å². The van der Waals surface area contributed by atoms with Crippen molar-refractivity contribution in [2.75, 3.05) is 32.8 Å². The van der Waals surface area contributed by atoms with Gasteiger partial charge in [0.1, 0.15) is 6.61 Å². The van der Waals surface area contributed by atoms with E-state index < -0.39 is 0 Å². The van der Waals surface area contributed by atoms with Gasteiger partial charge >= 0.3 is 11.9 Å². The molecule has 0 bridgehead atoms. The van der Waals surface area contributed by atoms with Crippen LogP contribution in [0.1, 0.15) is 25.3 Å². The summed E-state index contributed by atoms with van der Waals surface area (Å²) < 4.78 is 10.2. The van der Waals surface area contributed by atoms with E-state index in [2.05, 4.69) is 10.2 Å². The van der Waals surface area contributed by atoms with E-state index in [1.165, 1.54) is 0 Å². The second kappa shape index (κ2) is 10.1. The summed E-state index contributed by atoms with van der Waals surface area (Å²) in [5.74, 6) is -0.457. The Hall–Kier alpha value is -1.92. The molecule has 0 saturated carbocycles. The molecule has 6 nitrogen and oxygen atoms in total. The lowest BCUT2D eigenvalue weighted by Gasteiger charge is -2.32. The highest BCUT2D eigenvalue weighted by molar-refractivity contribution is 5.72. The first-order chi connectivity index (χ1) is 11.7. The normalized spacial score (nSPS) is 18.1. The number of hydrogen-bond donors (Lipinski definition) is 1. The number of benzene rings is 1. The molecule has 1 N–H and O–H groups in total. The number of ether oxygens (including phenoxy) is 2. The third-order valence-corrected chi connectivity index (χ3v) is 3.94. The molecule has 6 heteroatoms. The molecule has 1 aliphatic heterocycles. The van der Waals surface area contributed by atoms with Gasteiger partial charge < -0.3 is 14.8 Å². The van der Waals surface area contributed by atoms with E-state index in [0.29, 0.717) is 13.2 Å². The third-order valence-electron chi connectivity index (χ3n) is 3.94. The van der Waals surface area contributed by atoms with Crippen LogP contribution < -0.4 is 5.32 Å². The van der Waals surface area contributed by atoms with Crippen LogP contribution in [0.3, 0.4) is 0 Å². The van der Waals surface area contributed by atoms with Crippen molar-refractivity contribution in [3.8, 4) is 0 Å². The van der Waals surface area contributed by atoms with Crippen LogP contribution in [0, 0.1) is 0 Å². The van der Waals surface area contributed by atoms with E-state index in [0.717, 1.165) is 31.5 Å². The molecule has 0 amide bonds. The number of carbonyl (C=O) groups excluding carboxylic acids is 2. The lowest BCUT2D eigenvalue weighted by molar-refractivity contribution is -0.147. The Kier molecular flexibility index (Phi) is 7.71. The fraction of sp³-hybridized carbons (Fsp3) is 0.556. The predicted octanol–water partition coefficient (Wildman–Crippen LogP) is 1.35. The van der Waals surface area contributed by atoms with Gasteiger partial charge in [0.05, 0.1) is 19.7 Å². The first-order valence-corrected chi connectivity index (χ1v) is 8.48. The Morgan fingerprint density at radius 1 is 1.21 bits per heavy atom. The molecule has 0 radical (unpaired) electrons. The summed E-state index contributed by atoms with van der Waals surface area (Å²) in [6.45, 7) is 4.59. The molecule has 0 unspecified atom stereocenters. The van der Waals surface area contributed by atoms with Gasteiger partial charge in [-0.25, -0.2) is 0 Å². The topological polar surface area (TPSA) is 67.9 Å². The molecule has 24 heavy (non-hydrogen) atoms. The fourth-order valence-corrected chi connectivity index (χ4v) is 2.77. The molecule has 0 spiro atoms. The van der Waals surface area contributed by atoms with Gasteiger partial charge in [-0.05, 0) is 31.9 Å². The molecular weight excluding hydrogens is 308 g/mol. The SMILES string of the molecule is CCOC(=O)CN[C@H]1CCCN(CC(=O)OCc2ccccc2)C1. The number of nitrogens with zero attached hydrogens (tertiary/aromatic N) is 1. The number of hydrogen-bond acceptors (Lipinski definition) is 6. The second-order valence-electron chi connectivity index (χ2n) is 5.91. The van der Waals surface area contributed by atoms with Gasteiger partial charge in [0.25, 0.3) is 0 Å². The number of piperidine rings is 1. The first kappa shape index (κ1) is 18.4. The quantitative estimate of drug-likeness (QED) is 0.724. The third kappa shape index (κ3) is 6.68. The van der Waals surface area contributed by atoms with E-state index in [4.69, 9.17) is 9.47 Å². The summed E-state index contributed by atoms with van der Waals surface area (Å²) in [4.78, 5) is 25.4. The van der Waals surface area contributed by atoms with Gasteiger partial charge in [-0.2, -0.15) is 0 Å². The van der Waals surface area contributed by atoms with E-state index >= 15 is 0 Å². The summed E-state index contributed by atoms with van der Waals surface area (Å²) in [5.41, 5.74) is 0.985. The van der Waals surface area contributed by atoms with Crippen molar-refractivity contribution in [3.05, 3.63) is 35.9 Å². The Morgan fingerprint density at radius 3 is 2.75 bits per heavy atom. The number of likely N-dealkylation sites (tertiary alicyclic amines) is 1. The van der Waals surface area contributed by atoms with Gasteiger partial charge in [0, 0.05) is 12.6 Å².